The van der Waals surface area contributed by atoms with Gasteiger partial charge in [-0.1, -0.05) is 38.1 Å². The maximum atomic E-state index is 12.8. The molecule has 16 heteroatoms. The van der Waals surface area contributed by atoms with Crippen molar-refractivity contribution >= 4 is 56.8 Å². The molecule has 0 unspecified atom stereocenters. The summed E-state index contributed by atoms with van der Waals surface area (Å²) in [6.45, 7) is 6.10. The molecule has 2 N–H and O–H groups in total. The zero-order chi connectivity index (χ0) is 44.2. The fraction of sp³-hybridized carbons (Fsp3) is 0.208. The molecule has 0 spiro atoms. The predicted octanol–water partition coefficient (Wildman–Crippen LogP) is 7.58. The van der Waals surface area contributed by atoms with Crippen LogP contribution < -0.4 is 19.3 Å². The molecule has 0 saturated carbocycles. The normalized spacial score (nSPS) is 16.3. The molecule has 16 nitrogen and oxygen atoms in total. The van der Waals surface area contributed by atoms with Crippen LogP contribution in [0.3, 0.4) is 0 Å². The number of benzene rings is 4. The number of ketones is 4. The van der Waals surface area contributed by atoms with Crippen molar-refractivity contribution in [3.05, 3.63) is 145 Å². The van der Waals surface area contributed by atoms with Gasteiger partial charge in [-0.3, -0.25) is 19.2 Å². The van der Waals surface area contributed by atoms with Crippen molar-refractivity contribution < 1.29 is 28.7 Å². The molecule has 10 rings (SSSR count). The van der Waals surface area contributed by atoms with Crippen LogP contribution in [-0.2, 0) is 9.59 Å². The van der Waals surface area contributed by atoms with Crippen LogP contribution in [0.25, 0.3) is 22.1 Å². The van der Waals surface area contributed by atoms with Crippen molar-refractivity contribution in [2.24, 2.45) is 11.8 Å². The summed E-state index contributed by atoms with van der Waals surface area (Å²) in [6, 6.07) is 28.6. The molecular formula is C48H42N10O6. The molecule has 4 aromatic carbocycles. The monoisotopic (exact) mass is 854 g/mol. The number of aromatic nitrogens is 8. The molecule has 2 aliphatic heterocycles. The van der Waals surface area contributed by atoms with Crippen LogP contribution in [-0.4, -0.2) is 89.2 Å². The van der Waals surface area contributed by atoms with E-state index in [-0.39, 0.29) is 35.0 Å². The largest absolute Gasteiger partial charge is 0.436 e. The Morgan fingerprint density at radius 2 is 0.938 bits per heavy atom. The first kappa shape index (κ1) is 41.2. The van der Waals surface area contributed by atoms with Crippen molar-refractivity contribution in [2.45, 2.75) is 26.7 Å². The first-order valence-corrected chi connectivity index (χ1v) is 20.8. The lowest BCUT2D eigenvalue weighted by Crippen LogP contribution is -2.40. The third kappa shape index (κ3) is 9.21. The molecular weight excluding hydrogens is 813 g/mol. The Bertz CT molecular complexity index is 2730. The average molecular weight is 855 g/mol. The van der Waals surface area contributed by atoms with E-state index < -0.39 is 0 Å². The number of hydrogen-bond acceptors (Lipinski definition) is 14. The van der Waals surface area contributed by atoms with Gasteiger partial charge >= 0.3 is 0 Å². The highest BCUT2D eigenvalue weighted by atomic mass is 16.5. The van der Waals surface area contributed by atoms with E-state index in [9.17, 15) is 19.2 Å². The second-order valence-corrected chi connectivity index (χ2v) is 15.9. The minimum Gasteiger partial charge on any atom is -0.436 e. The SMILES string of the molecule is C[C@H]1CC(=O)CN(c2nccnc2Oc2ccc(C(=O)c3nc4ccccc4[nH]3)cc2)C1.C[C@H]1CC(=O)CN(c2nccnc2Oc2ccc(C(=O)c3nc4ccccc4[nH]3)cc2)C1. The summed E-state index contributed by atoms with van der Waals surface area (Å²) in [5, 5.41) is 0. The lowest BCUT2D eigenvalue weighted by Gasteiger charge is -2.31. The third-order valence-electron chi connectivity index (χ3n) is 10.7. The van der Waals surface area contributed by atoms with Gasteiger partial charge in [0, 0.05) is 61.8 Å². The molecule has 320 valence electrons. The molecule has 2 atom stereocenters. The first-order valence-electron chi connectivity index (χ1n) is 20.8. The number of carbonyl (C=O) groups excluding carboxylic acids is 4. The predicted molar refractivity (Wildman–Crippen MR) is 238 cm³/mol. The highest BCUT2D eigenvalue weighted by Gasteiger charge is 2.28. The Balaban J connectivity index is 0.000000162. The number of Topliss-reactive ketones (excluding diaryl/α,β-unsaturated/α-hetero) is 2. The second kappa shape index (κ2) is 18.1. The number of carbonyl (C=O) groups is 4. The molecule has 2 saturated heterocycles. The second-order valence-electron chi connectivity index (χ2n) is 15.9. The molecule has 0 aliphatic carbocycles. The summed E-state index contributed by atoms with van der Waals surface area (Å²) in [6.07, 6.45) is 7.42. The molecule has 4 aromatic heterocycles. The molecule has 0 amide bonds. The first-order chi connectivity index (χ1) is 31.1. The van der Waals surface area contributed by atoms with Crippen LogP contribution >= 0.6 is 0 Å². The van der Waals surface area contributed by atoms with Crippen molar-refractivity contribution in [2.75, 3.05) is 36.0 Å². The zero-order valence-corrected chi connectivity index (χ0v) is 35.0. The number of hydrogen-bond donors (Lipinski definition) is 2. The van der Waals surface area contributed by atoms with Crippen LogP contribution in [0.5, 0.6) is 23.3 Å². The number of H-pyrrole nitrogens is 2. The molecule has 2 aliphatic rings. The number of nitrogens with zero attached hydrogens (tertiary/aromatic N) is 8. The van der Waals surface area contributed by atoms with Gasteiger partial charge in [0.1, 0.15) is 11.5 Å². The topological polar surface area (TPSA) is 202 Å². The highest BCUT2D eigenvalue weighted by molar-refractivity contribution is 6.08. The van der Waals surface area contributed by atoms with Gasteiger partial charge in [0.15, 0.2) is 34.9 Å². The van der Waals surface area contributed by atoms with Gasteiger partial charge in [-0.05, 0) is 84.6 Å². The van der Waals surface area contributed by atoms with Gasteiger partial charge in [0.2, 0.25) is 11.6 Å². The molecule has 2 fully saturated rings. The Morgan fingerprint density at radius 3 is 1.33 bits per heavy atom. The summed E-state index contributed by atoms with van der Waals surface area (Å²) in [5.41, 5.74) is 4.11. The summed E-state index contributed by atoms with van der Waals surface area (Å²) in [4.78, 5) is 85.7. The van der Waals surface area contributed by atoms with Crippen molar-refractivity contribution in [1.82, 2.24) is 39.9 Å². The van der Waals surface area contributed by atoms with Gasteiger partial charge in [-0.2, -0.15) is 0 Å². The van der Waals surface area contributed by atoms with Gasteiger partial charge in [-0.15, -0.1) is 0 Å². The molecule has 0 bridgehead atoms. The molecule has 6 heterocycles. The van der Waals surface area contributed by atoms with Gasteiger partial charge in [0.05, 0.1) is 35.2 Å². The number of aromatic amines is 2. The minimum absolute atomic E-state index is 0.175. The smallest absolute Gasteiger partial charge is 0.263 e. The minimum atomic E-state index is -0.200. The van der Waals surface area contributed by atoms with Crippen LogP contribution in [0.4, 0.5) is 11.6 Å². The number of rotatable bonds is 10. The number of imidazole rings is 2. The average Bonchev–Trinajstić information content (AvgIpc) is 3.95. The van der Waals surface area contributed by atoms with E-state index in [4.69, 9.17) is 9.47 Å². The zero-order valence-electron chi connectivity index (χ0n) is 35.0. The van der Waals surface area contributed by atoms with E-state index in [1.54, 1.807) is 73.3 Å². The van der Waals surface area contributed by atoms with Gasteiger partial charge < -0.3 is 29.2 Å². The fourth-order valence-electron chi connectivity index (χ4n) is 7.85. The van der Waals surface area contributed by atoms with Crippen LogP contribution in [0.2, 0.25) is 0 Å². The van der Waals surface area contributed by atoms with E-state index in [1.807, 2.05) is 72.2 Å². The summed E-state index contributed by atoms with van der Waals surface area (Å²) in [7, 11) is 0. The van der Waals surface area contributed by atoms with E-state index >= 15 is 0 Å². The summed E-state index contributed by atoms with van der Waals surface area (Å²) >= 11 is 0. The van der Waals surface area contributed by atoms with Gasteiger partial charge in [0.25, 0.3) is 11.8 Å². The Morgan fingerprint density at radius 1 is 0.547 bits per heavy atom. The summed E-state index contributed by atoms with van der Waals surface area (Å²) in [5.74, 6) is 3.78. The standard InChI is InChI=1S/2C24H21N5O3/c2*1-15-12-17(30)14-29(13-15)23-24(26-11-10-25-23)32-18-8-6-16(7-9-18)21(31)22-27-19-4-2-3-5-20(19)28-22/h2*2-11,15H,12-14H2,1H3,(H,27,28)/t2*15-/m00/s1. The van der Waals surface area contributed by atoms with E-state index in [1.165, 1.54) is 0 Å². The van der Waals surface area contributed by atoms with Crippen LogP contribution in [0, 0.1) is 11.8 Å². The Kier molecular flexibility index (Phi) is 11.6. The van der Waals surface area contributed by atoms with Crippen molar-refractivity contribution in [3.8, 4) is 23.3 Å². The Labute approximate surface area is 366 Å². The quantitative estimate of drug-likeness (QED) is 0.127. The third-order valence-corrected chi connectivity index (χ3v) is 10.7. The lowest BCUT2D eigenvalue weighted by atomic mass is 9.99. The number of fused-ring (bicyclic) bond motifs is 2. The van der Waals surface area contributed by atoms with E-state index in [2.05, 4.69) is 39.9 Å². The molecule has 8 aromatic rings. The van der Waals surface area contributed by atoms with Crippen molar-refractivity contribution in [3.63, 3.8) is 0 Å². The number of piperidine rings is 2. The number of ether oxygens (including phenoxy) is 2. The number of anilines is 2. The van der Waals surface area contributed by atoms with E-state index in [0.717, 1.165) is 22.1 Å². The van der Waals surface area contributed by atoms with Crippen molar-refractivity contribution in [1.29, 1.82) is 0 Å². The molecule has 64 heavy (non-hydrogen) atoms. The lowest BCUT2D eigenvalue weighted by molar-refractivity contribution is -0.120. The summed E-state index contributed by atoms with van der Waals surface area (Å²) < 4.78 is 11.9. The van der Waals surface area contributed by atoms with E-state index in [0.29, 0.717) is 96.7 Å². The Hall–Kier alpha value is -8.14. The highest BCUT2D eigenvalue weighted by Crippen LogP contribution is 2.32. The number of nitrogens with one attached hydrogen (secondary N) is 2. The van der Waals surface area contributed by atoms with Crippen LogP contribution in [0.15, 0.2) is 122 Å². The number of para-hydroxylation sites is 4. The van der Waals surface area contributed by atoms with Crippen LogP contribution in [0.1, 0.15) is 59.1 Å². The maximum absolute atomic E-state index is 12.8. The fourth-order valence-corrected chi connectivity index (χ4v) is 7.85. The molecule has 0 radical (unpaired) electrons. The van der Waals surface area contributed by atoms with Gasteiger partial charge in [-0.25, -0.2) is 29.9 Å². The maximum Gasteiger partial charge on any atom is 0.263 e.